The van der Waals surface area contributed by atoms with Crippen LogP contribution < -0.4 is 15.4 Å². The summed E-state index contributed by atoms with van der Waals surface area (Å²) in [5.74, 6) is 1.78. The number of hydrogen-bond acceptors (Lipinski definition) is 5. The Morgan fingerprint density at radius 3 is 2.94 bits per heavy atom. The molecule has 0 bridgehead atoms. The molecule has 1 aliphatic rings. The van der Waals surface area contributed by atoms with Gasteiger partial charge in [0.25, 0.3) is 0 Å². The van der Waals surface area contributed by atoms with E-state index in [1.165, 1.54) is 0 Å². The van der Waals surface area contributed by atoms with E-state index in [1.807, 2.05) is 20.0 Å². The molecule has 5 nitrogen and oxygen atoms in total. The maximum absolute atomic E-state index is 5.39. The molecular weight excluding hydrogens is 228 g/mol. The number of pyridine rings is 1. The molecule has 0 aromatic carbocycles. The zero-order valence-electron chi connectivity index (χ0n) is 11.2. The molecule has 0 saturated carbocycles. The van der Waals surface area contributed by atoms with Crippen LogP contribution in [0.25, 0.3) is 0 Å². The van der Waals surface area contributed by atoms with Crippen molar-refractivity contribution in [1.29, 1.82) is 0 Å². The minimum atomic E-state index is 0.661. The zero-order valence-corrected chi connectivity index (χ0v) is 11.2. The van der Waals surface area contributed by atoms with Crippen LogP contribution in [0.3, 0.4) is 0 Å². The van der Waals surface area contributed by atoms with Gasteiger partial charge in [0.05, 0.1) is 19.3 Å². The van der Waals surface area contributed by atoms with E-state index in [2.05, 4.69) is 20.6 Å². The lowest BCUT2D eigenvalue weighted by molar-refractivity contribution is 0.406. The number of methoxy groups -OCH3 is 1. The van der Waals surface area contributed by atoms with Gasteiger partial charge in [-0.25, -0.2) is 0 Å². The van der Waals surface area contributed by atoms with E-state index in [4.69, 9.17) is 4.74 Å². The summed E-state index contributed by atoms with van der Waals surface area (Å²) in [5, 5.41) is 6.50. The molecule has 0 radical (unpaired) electrons. The summed E-state index contributed by atoms with van der Waals surface area (Å²) in [6, 6.07) is 0. The van der Waals surface area contributed by atoms with Crippen LogP contribution in [0.5, 0.6) is 5.75 Å². The second-order valence-electron chi connectivity index (χ2n) is 4.41. The summed E-state index contributed by atoms with van der Waals surface area (Å²) in [6.45, 7) is 6.57. The third-order valence-corrected chi connectivity index (χ3v) is 3.07. The lowest BCUT2D eigenvalue weighted by Crippen LogP contribution is -2.40. The van der Waals surface area contributed by atoms with Gasteiger partial charge in [0.15, 0.2) is 5.96 Å². The number of aryl methyl sites for hydroxylation is 1. The topological polar surface area (TPSA) is 58.5 Å². The highest BCUT2D eigenvalue weighted by Crippen LogP contribution is 2.23. The number of aliphatic imine (C=N–C) groups is 1. The van der Waals surface area contributed by atoms with E-state index in [9.17, 15) is 0 Å². The van der Waals surface area contributed by atoms with Crippen molar-refractivity contribution in [1.82, 2.24) is 15.6 Å². The molecule has 98 valence electrons. The average molecular weight is 248 g/mol. The van der Waals surface area contributed by atoms with Crippen molar-refractivity contribution >= 4 is 5.96 Å². The van der Waals surface area contributed by atoms with E-state index < -0.39 is 0 Å². The van der Waals surface area contributed by atoms with Crippen molar-refractivity contribution in [3.8, 4) is 5.75 Å². The van der Waals surface area contributed by atoms with Crippen LogP contribution in [0.4, 0.5) is 0 Å². The highest BCUT2D eigenvalue weighted by atomic mass is 16.5. The fraction of sp³-hybridized carbons (Fsp3) is 0.538. The molecule has 0 saturated heterocycles. The second kappa shape index (κ2) is 5.71. The van der Waals surface area contributed by atoms with Crippen LogP contribution in [0.2, 0.25) is 0 Å². The Morgan fingerprint density at radius 1 is 1.44 bits per heavy atom. The van der Waals surface area contributed by atoms with Gasteiger partial charge in [-0.3, -0.25) is 9.98 Å². The van der Waals surface area contributed by atoms with Gasteiger partial charge in [0, 0.05) is 30.4 Å². The number of guanidine groups is 1. The Hall–Kier alpha value is -1.78. The predicted molar refractivity (Wildman–Crippen MR) is 72.0 cm³/mol. The fourth-order valence-electron chi connectivity index (χ4n) is 2.07. The predicted octanol–water partition coefficient (Wildman–Crippen LogP) is 1.15. The normalized spacial score (nSPS) is 14.7. The van der Waals surface area contributed by atoms with E-state index in [0.717, 1.165) is 48.0 Å². The second-order valence-corrected chi connectivity index (χ2v) is 4.41. The molecule has 0 atom stereocenters. The summed E-state index contributed by atoms with van der Waals surface area (Å²) >= 11 is 0. The lowest BCUT2D eigenvalue weighted by Gasteiger charge is -2.17. The van der Waals surface area contributed by atoms with Crippen molar-refractivity contribution in [2.75, 3.05) is 20.2 Å². The maximum atomic E-state index is 5.39. The Bertz CT molecular complexity index is 457. The molecule has 5 heteroatoms. The number of nitrogens with one attached hydrogen (secondary N) is 2. The van der Waals surface area contributed by atoms with Crippen LogP contribution in [0, 0.1) is 13.8 Å². The third-order valence-electron chi connectivity index (χ3n) is 3.07. The van der Waals surface area contributed by atoms with Gasteiger partial charge in [0.1, 0.15) is 5.75 Å². The molecule has 2 N–H and O–H groups in total. The van der Waals surface area contributed by atoms with Gasteiger partial charge < -0.3 is 15.4 Å². The van der Waals surface area contributed by atoms with Crippen molar-refractivity contribution in [3.63, 3.8) is 0 Å². The van der Waals surface area contributed by atoms with Crippen molar-refractivity contribution in [2.45, 2.75) is 26.8 Å². The average Bonchev–Trinajstić information content (AvgIpc) is 2.40. The summed E-state index contributed by atoms with van der Waals surface area (Å²) in [4.78, 5) is 8.82. The highest BCUT2D eigenvalue weighted by Gasteiger charge is 2.10. The van der Waals surface area contributed by atoms with Crippen molar-refractivity contribution < 1.29 is 4.74 Å². The minimum absolute atomic E-state index is 0.661. The minimum Gasteiger partial charge on any atom is -0.496 e. The molecule has 2 heterocycles. The van der Waals surface area contributed by atoms with E-state index in [0.29, 0.717) is 6.54 Å². The SMILES string of the molecule is COc1c(C)cnc(CNC2=NCCCN2)c1C. The summed E-state index contributed by atoms with van der Waals surface area (Å²) in [6.07, 6.45) is 2.94. The van der Waals surface area contributed by atoms with Gasteiger partial charge >= 0.3 is 0 Å². The Kier molecular flexibility index (Phi) is 4.02. The van der Waals surface area contributed by atoms with Crippen molar-refractivity contribution in [2.24, 2.45) is 4.99 Å². The monoisotopic (exact) mass is 248 g/mol. The standard InChI is InChI=1S/C13H20N4O/c1-9-7-16-11(10(2)12(9)18-3)8-17-13-14-5-4-6-15-13/h7H,4-6,8H2,1-3H3,(H2,14,15,17). The molecule has 0 amide bonds. The lowest BCUT2D eigenvalue weighted by atomic mass is 10.1. The number of nitrogens with zero attached hydrogens (tertiary/aromatic N) is 2. The zero-order chi connectivity index (χ0) is 13.0. The molecule has 1 aliphatic heterocycles. The summed E-state index contributed by atoms with van der Waals surface area (Å²) in [5.41, 5.74) is 3.14. The molecule has 0 aliphatic carbocycles. The van der Waals surface area contributed by atoms with E-state index in [-0.39, 0.29) is 0 Å². The van der Waals surface area contributed by atoms with E-state index in [1.54, 1.807) is 7.11 Å². The molecular formula is C13H20N4O. The molecule has 18 heavy (non-hydrogen) atoms. The number of hydrogen-bond donors (Lipinski definition) is 2. The molecule has 0 spiro atoms. The summed E-state index contributed by atoms with van der Waals surface area (Å²) in [7, 11) is 1.69. The number of aromatic nitrogens is 1. The molecule has 0 unspecified atom stereocenters. The Balaban J connectivity index is 2.07. The number of rotatable bonds is 3. The molecule has 0 fully saturated rings. The largest absolute Gasteiger partial charge is 0.496 e. The first-order valence-corrected chi connectivity index (χ1v) is 6.23. The van der Waals surface area contributed by atoms with Gasteiger partial charge in [-0.1, -0.05) is 0 Å². The van der Waals surface area contributed by atoms with Gasteiger partial charge in [-0.15, -0.1) is 0 Å². The maximum Gasteiger partial charge on any atom is 0.191 e. The first kappa shape index (κ1) is 12.7. The van der Waals surface area contributed by atoms with E-state index >= 15 is 0 Å². The fourth-order valence-corrected chi connectivity index (χ4v) is 2.07. The van der Waals surface area contributed by atoms with Crippen molar-refractivity contribution in [3.05, 3.63) is 23.0 Å². The highest BCUT2D eigenvalue weighted by molar-refractivity contribution is 5.80. The van der Waals surface area contributed by atoms with Crippen LogP contribution in [-0.2, 0) is 6.54 Å². The van der Waals surface area contributed by atoms with Crippen LogP contribution in [0.15, 0.2) is 11.2 Å². The first-order chi connectivity index (χ1) is 8.72. The quantitative estimate of drug-likeness (QED) is 0.842. The summed E-state index contributed by atoms with van der Waals surface area (Å²) < 4.78 is 5.39. The Morgan fingerprint density at radius 2 is 2.28 bits per heavy atom. The van der Waals surface area contributed by atoms with Gasteiger partial charge in [0.2, 0.25) is 0 Å². The molecule has 1 aromatic heterocycles. The third kappa shape index (κ3) is 2.72. The smallest absolute Gasteiger partial charge is 0.191 e. The molecule has 1 aromatic rings. The molecule has 2 rings (SSSR count). The number of ether oxygens (including phenoxy) is 1. The van der Waals surface area contributed by atoms with Crippen LogP contribution >= 0.6 is 0 Å². The van der Waals surface area contributed by atoms with Gasteiger partial charge in [-0.2, -0.15) is 0 Å². The van der Waals surface area contributed by atoms with Crippen LogP contribution in [0.1, 0.15) is 23.2 Å². The van der Waals surface area contributed by atoms with Gasteiger partial charge in [-0.05, 0) is 20.3 Å². The Labute approximate surface area is 108 Å². The first-order valence-electron chi connectivity index (χ1n) is 6.23. The van der Waals surface area contributed by atoms with Crippen LogP contribution in [-0.4, -0.2) is 31.1 Å².